The molecule has 2 nitrogen and oxygen atoms in total. The van der Waals surface area contributed by atoms with E-state index in [9.17, 15) is 0 Å². The highest BCUT2D eigenvalue weighted by Gasteiger charge is 2.36. The Morgan fingerprint density at radius 1 is 1.56 bits per heavy atom. The minimum absolute atomic E-state index is 0.481. The molecule has 4 heteroatoms. The standard InChI is InChI=1S/C12H22N2S2/c1-3-10-5-8-16-11(14-10)13-9-12(15-2)6-4-7-12/h10H,3-9H2,1-2H3,(H,13,14). The summed E-state index contributed by atoms with van der Waals surface area (Å²) < 4.78 is 0.481. The first-order chi connectivity index (χ1) is 7.78. The molecule has 2 rings (SSSR count). The van der Waals surface area contributed by atoms with Crippen LogP contribution >= 0.6 is 23.5 Å². The van der Waals surface area contributed by atoms with Crippen LogP contribution in [0.4, 0.5) is 0 Å². The molecule has 0 aromatic carbocycles. The van der Waals surface area contributed by atoms with E-state index in [0.29, 0.717) is 10.8 Å². The Morgan fingerprint density at radius 2 is 2.38 bits per heavy atom. The minimum Gasteiger partial charge on any atom is -0.362 e. The van der Waals surface area contributed by atoms with E-state index in [-0.39, 0.29) is 0 Å². The SMILES string of the molecule is CCC1CCSC(=NCC2(SC)CCC2)N1. The first-order valence-electron chi connectivity index (χ1n) is 6.27. The maximum Gasteiger partial charge on any atom is 0.156 e. The topological polar surface area (TPSA) is 24.4 Å². The van der Waals surface area contributed by atoms with E-state index in [4.69, 9.17) is 4.99 Å². The summed E-state index contributed by atoms with van der Waals surface area (Å²) in [4.78, 5) is 4.79. The zero-order chi connectivity index (χ0) is 11.4. The number of thioether (sulfide) groups is 2. The molecule has 0 aromatic heterocycles. The lowest BCUT2D eigenvalue weighted by atomic mass is 9.84. The van der Waals surface area contributed by atoms with Gasteiger partial charge in [0.25, 0.3) is 0 Å². The van der Waals surface area contributed by atoms with Gasteiger partial charge in [0.2, 0.25) is 0 Å². The Bertz CT molecular complexity index is 256. The number of aliphatic imine (C=N–C) groups is 1. The molecular weight excluding hydrogens is 236 g/mol. The molecule has 1 saturated heterocycles. The third-order valence-corrected chi connectivity index (χ3v) is 6.10. The van der Waals surface area contributed by atoms with Crippen LogP contribution in [-0.2, 0) is 0 Å². The zero-order valence-corrected chi connectivity index (χ0v) is 11.9. The van der Waals surface area contributed by atoms with E-state index in [1.165, 1.54) is 43.0 Å². The summed E-state index contributed by atoms with van der Waals surface area (Å²) in [6.45, 7) is 3.26. The smallest absolute Gasteiger partial charge is 0.156 e. The van der Waals surface area contributed by atoms with E-state index in [1.54, 1.807) is 0 Å². The molecule has 16 heavy (non-hydrogen) atoms. The maximum atomic E-state index is 4.79. The largest absolute Gasteiger partial charge is 0.362 e. The first-order valence-corrected chi connectivity index (χ1v) is 8.48. The van der Waals surface area contributed by atoms with Gasteiger partial charge in [-0.15, -0.1) is 0 Å². The highest BCUT2D eigenvalue weighted by Crippen LogP contribution is 2.43. The van der Waals surface area contributed by atoms with Crippen molar-refractivity contribution in [2.75, 3.05) is 18.6 Å². The predicted octanol–water partition coefficient (Wildman–Crippen LogP) is 3.13. The molecule has 2 aliphatic rings. The van der Waals surface area contributed by atoms with Crippen molar-refractivity contribution in [2.24, 2.45) is 4.99 Å². The molecule has 1 heterocycles. The Morgan fingerprint density at radius 3 is 2.94 bits per heavy atom. The fourth-order valence-electron chi connectivity index (χ4n) is 2.20. The van der Waals surface area contributed by atoms with Crippen molar-refractivity contribution < 1.29 is 0 Å². The molecule has 1 aliphatic carbocycles. The predicted molar refractivity (Wildman–Crippen MR) is 76.7 cm³/mol. The van der Waals surface area contributed by atoms with Crippen LogP contribution in [0.15, 0.2) is 4.99 Å². The van der Waals surface area contributed by atoms with Gasteiger partial charge in [0.1, 0.15) is 0 Å². The van der Waals surface area contributed by atoms with E-state index >= 15 is 0 Å². The molecule has 0 bridgehead atoms. The molecule has 1 saturated carbocycles. The third-order valence-electron chi connectivity index (χ3n) is 3.73. The molecule has 0 aromatic rings. The highest BCUT2D eigenvalue weighted by atomic mass is 32.2. The van der Waals surface area contributed by atoms with Crippen molar-refractivity contribution >= 4 is 28.7 Å². The summed E-state index contributed by atoms with van der Waals surface area (Å²) in [7, 11) is 0. The van der Waals surface area contributed by atoms with Gasteiger partial charge in [-0.1, -0.05) is 25.1 Å². The number of nitrogens with one attached hydrogen (secondary N) is 1. The third kappa shape index (κ3) is 2.89. The van der Waals surface area contributed by atoms with Crippen LogP contribution in [0.5, 0.6) is 0 Å². The van der Waals surface area contributed by atoms with Gasteiger partial charge in [-0.2, -0.15) is 11.8 Å². The van der Waals surface area contributed by atoms with Crippen LogP contribution in [-0.4, -0.2) is 34.5 Å². The summed E-state index contributed by atoms with van der Waals surface area (Å²) in [5.74, 6) is 1.23. The lowest BCUT2D eigenvalue weighted by Crippen LogP contribution is -2.40. The molecule has 1 atom stereocenters. The van der Waals surface area contributed by atoms with Crippen LogP contribution in [0.1, 0.15) is 39.0 Å². The molecule has 0 spiro atoms. The average Bonchev–Trinajstić information content (AvgIpc) is 2.29. The Balaban J connectivity index is 1.86. The highest BCUT2D eigenvalue weighted by molar-refractivity contribution is 8.13. The van der Waals surface area contributed by atoms with E-state index in [1.807, 2.05) is 23.5 Å². The monoisotopic (exact) mass is 258 g/mol. The van der Waals surface area contributed by atoms with Gasteiger partial charge in [0, 0.05) is 16.5 Å². The van der Waals surface area contributed by atoms with Crippen molar-refractivity contribution in [1.82, 2.24) is 5.32 Å². The van der Waals surface area contributed by atoms with Gasteiger partial charge in [-0.05, 0) is 31.9 Å². The molecule has 1 N–H and O–H groups in total. The van der Waals surface area contributed by atoms with E-state index in [2.05, 4.69) is 18.5 Å². The molecular formula is C12H22N2S2. The number of amidine groups is 1. The number of nitrogens with zero attached hydrogens (tertiary/aromatic N) is 1. The number of hydrogen-bond donors (Lipinski definition) is 1. The van der Waals surface area contributed by atoms with Crippen LogP contribution in [0.2, 0.25) is 0 Å². The summed E-state index contributed by atoms with van der Waals surface area (Å²) in [5.41, 5.74) is 0. The van der Waals surface area contributed by atoms with Crippen molar-refractivity contribution in [3.05, 3.63) is 0 Å². The van der Waals surface area contributed by atoms with Crippen molar-refractivity contribution in [1.29, 1.82) is 0 Å². The van der Waals surface area contributed by atoms with Gasteiger partial charge in [0.05, 0.1) is 6.54 Å². The number of rotatable bonds is 4. The van der Waals surface area contributed by atoms with Crippen molar-refractivity contribution in [2.45, 2.75) is 49.8 Å². The molecule has 2 fully saturated rings. The normalized spacial score (nSPS) is 30.9. The van der Waals surface area contributed by atoms with Crippen LogP contribution in [0, 0.1) is 0 Å². The summed E-state index contributed by atoms with van der Waals surface area (Å²) in [5, 5.41) is 4.74. The summed E-state index contributed by atoms with van der Waals surface area (Å²) in [6, 6.07) is 0.659. The van der Waals surface area contributed by atoms with Crippen molar-refractivity contribution in [3.63, 3.8) is 0 Å². The van der Waals surface area contributed by atoms with E-state index in [0.717, 1.165) is 6.54 Å². The zero-order valence-electron chi connectivity index (χ0n) is 10.3. The molecule has 1 unspecified atom stereocenters. The molecule has 0 radical (unpaired) electrons. The quantitative estimate of drug-likeness (QED) is 0.838. The molecule has 1 aliphatic heterocycles. The Labute approximate surface area is 107 Å². The van der Waals surface area contributed by atoms with Gasteiger partial charge >= 0.3 is 0 Å². The second-order valence-electron chi connectivity index (χ2n) is 4.75. The lowest BCUT2D eigenvalue weighted by molar-refractivity contribution is 0.372. The number of hydrogen-bond acceptors (Lipinski definition) is 3. The Kier molecular flexibility index (Phi) is 4.48. The van der Waals surface area contributed by atoms with Gasteiger partial charge < -0.3 is 5.32 Å². The van der Waals surface area contributed by atoms with Gasteiger partial charge in [-0.25, -0.2) is 0 Å². The van der Waals surface area contributed by atoms with Crippen molar-refractivity contribution in [3.8, 4) is 0 Å². The van der Waals surface area contributed by atoms with Gasteiger partial charge in [-0.3, -0.25) is 4.99 Å². The summed E-state index contributed by atoms with van der Waals surface area (Å²) in [6.07, 6.45) is 8.83. The Hall–Kier alpha value is 0.170. The lowest BCUT2D eigenvalue weighted by Gasteiger charge is -2.39. The fourth-order valence-corrected chi connectivity index (χ4v) is 4.09. The van der Waals surface area contributed by atoms with E-state index < -0.39 is 0 Å². The minimum atomic E-state index is 0.481. The van der Waals surface area contributed by atoms with Crippen LogP contribution in [0.3, 0.4) is 0 Å². The van der Waals surface area contributed by atoms with Crippen LogP contribution in [0.25, 0.3) is 0 Å². The summed E-state index contributed by atoms with van der Waals surface area (Å²) >= 11 is 3.91. The molecule has 92 valence electrons. The fraction of sp³-hybridized carbons (Fsp3) is 0.917. The first kappa shape index (κ1) is 12.6. The average molecular weight is 258 g/mol. The second-order valence-corrected chi connectivity index (χ2v) is 7.11. The van der Waals surface area contributed by atoms with Crippen LogP contribution < -0.4 is 5.32 Å². The van der Waals surface area contributed by atoms with Gasteiger partial charge in [0.15, 0.2) is 5.17 Å². The maximum absolute atomic E-state index is 4.79. The second kappa shape index (κ2) is 5.67. The molecule has 0 amide bonds.